The Hall–Kier alpha value is -3.01. The van der Waals surface area contributed by atoms with Crippen LogP contribution in [0.5, 0.6) is 5.75 Å². The number of carbonyl (C=O) groups is 1. The normalized spacial score (nSPS) is 12.6. The van der Waals surface area contributed by atoms with Crippen molar-refractivity contribution in [3.63, 3.8) is 0 Å². The predicted molar refractivity (Wildman–Crippen MR) is 126 cm³/mol. The van der Waals surface area contributed by atoms with Crippen molar-refractivity contribution in [2.45, 2.75) is 39.5 Å². The van der Waals surface area contributed by atoms with Gasteiger partial charge in [0, 0.05) is 35.8 Å². The van der Waals surface area contributed by atoms with Crippen molar-refractivity contribution in [1.82, 2.24) is 4.57 Å². The molecule has 1 amide bonds. The maximum atomic E-state index is 12.5. The molecule has 3 aromatic rings. The van der Waals surface area contributed by atoms with E-state index in [1.807, 2.05) is 30.3 Å². The Bertz CT molecular complexity index is 1050. The largest absolute Gasteiger partial charge is 0.497 e. The molecule has 1 heterocycles. The number of nitrogens with one attached hydrogen (secondary N) is 1. The van der Waals surface area contributed by atoms with Gasteiger partial charge in [0.05, 0.1) is 7.11 Å². The fraction of sp³-hybridized carbons (Fsp3) is 0.346. The van der Waals surface area contributed by atoms with E-state index in [2.05, 4.69) is 68.1 Å². The summed E-state index contributed by atoms with van der Waals surface area (Å²) < 4.78 is 7.55. The summed E-state index contributed by atoms with van der Waals surface area (Å²) in [6.45, 7) is 6.47. The number of fused-ring (bicyclic) bond motifs is 1. The van der Waals surface area contributed by atoms with Crippen LogP contribution in [-0.4, -0.2) is 17.6 Å². The monoisotopic (exact) mass is 404 g/mol. The van der Waals surface area contributed by atoms with Gasteiger partial charge in [-0.05, 0) is 60.2 Å². The van der Waals surface area contributed by atoms with Crippen molar-refractivity contribution in [3.8, 4) is 5.75 Å². The average molecular weight is 405 g/mol. The topological polar surface area (TPSA) is 43.3 Å². The van der Waals surface area contributed by atoms with E-state index in [-0.39, 0.29) is 11.8 Å². The number of hydrogen-bond acceptors (Lipinski definition) is 2. The molecular weight excluding hydrogens is 372 g/mol. The van der Waals surface area contributed by atoms with Crippen LogP contribution in [0.15, 0.2) is 54.6 Å². The zero-order valence-electron chi connectivity index (χ0n) is 18.6. The molecule has 0 fully saturated rings. The molecule has 2 aromatic carbocycles. The van der Waals surface area contributed by atoms with Crippen LogP contribution < -0.4 is 10.1 Å². The lowest BCUT2D eigenvalue weighted by Crippen LogP contribution is -2.13. The molecule has 1 N–H and O–H groups in total. The lowest BCUT2D eigenvalue weighted by molar-refractivity contribution is -0.116. The number of hydrogen-bond donors (Lipinski definition) is 1. The van der Waals surface area contributed by atoms with Gasteiger partial charge in [-0.15, -0.1) is 0 Å². The van der Waals surface area contributed by atoms with E-state index in [1.165, 1.54) is 11.2 Å². The number of ether oxygens (including phenoxy) is 1. The van der Waals surface area contributed by atoms with Gasteiger partial charge >= 0.3 is 0 Å². The molecule has 0 saturated carbocycles. The number of methoxy groups -OCH3 is 1. The average Bonchev–Trinajstić information content (AvgIpc) is 3.06. The number of benzene rings is 2. The van der Waals surface area contributed by atoms with Crippen LogP contribution >= 0.6 is 0 Å². The maximum absolute atomic E-state index is 12.5. The minimum absolute atomic E-state index is 0.0484. The molecule has 1 aromatic heterocycles. The Kier molecular flexibility index (Phi) is 6.99. The quantitative estimate of drug-likeness (QED) is 0.473. The number of allylic oxidation sites excluding steroid dienone is 1. The van der Waals surface area contributed by atoms with Gasteiger partial charge in [-0.25, -0.2) is 0 Å². The second kappa shape index (κ2) is 9.66. The van der Waals surface area contributed by atoms with Crippen molar-refractivity contribution in [2.24, 2.45) is 13.0 Å². The molecule has 0 radical (unpaired) electrons. The molecule has 0 aliphatic heterocycles. The molecule has 0 saturated heterocycles. The Morgan fingerprint density at radius 1 is 1.13 bits per heavy atom. The molecule has 30 heavy (non-hydrogen) atoms. The Morgan fingerprint density at radius 2 is 1.93 bits per heavy atom. The van der Waals surface area contributed by atoms with Gasteiger partial charge in [-0.1, -0.05) is 45.1 Å². The fourth-order valence-electron chi connectivity index (χ4n) is 3.69. The summed E-state index contributed by atoms with van der Waals surface area (Å²) in [4.78, 5) is 12.5. The van der Waals surface area contributed by atoms with Gasteiger partial charge in [0.1, 0.15) is 5.75 Å². The van der Waals surface area contributed by atoms with E-state index in [9.17, 15) is 4.79 Å². The number of nitrogens with zero attached hydrogens (tertiary/aromatic N) is 1. The molecule has 158 valence electrons. The lowest BCUT2D eigenvalue weighted by atomic mass is 10.0. The van der Waals surface area contributed by atoms with E-state index in [0.29, 0.717) is 12.3 Å². The van der Waals surface area contributed by atoms with Crippen LogP contribution in [0.25, 0.3) is 17.0 Å². The molecule has 3 rings (SSSR count). The fourth-order valence-corrected chi connectivity index (χ4v) is 3.69. The predicted octanol–water partition coefficient (Wildman–Crippen LogP) is 6.38. The zero-order valence-corrected chi connectivity index (χ0v) is 18.6. The van der Waals surface area contributed by atoms with Gasteiger partial charge in [-0.2, -0.15) is 0 Å². The third-order valence-electron chi connectivity index (χ3n) is 5.44. The van der Waals surface area contributed by atoms with Crippen molar-refractivity contribution < 1.29 is 9.53 Å². The minimum atomic E-state index is 0.0484. The summed E-state index contributed by atoms with van der Waals surface area (Å²) in [5.74, 6) is 1.68. The highest BCUT2D eigenvalue weighted by Crippen LogP contribution is 2.29. The standard InChI is InChI=1S/C26H32N2O2/c1-18(2)9-11-20-7-6-8-22(15-20)27-26(29)14-10-19(3)25-17-21-16-23(30-5)12-13-24(21)28(25)4/h6-9,11-13,15-19H,10,14H2,1-5H3,(H,27,29)/b11-9+. The highest BCUT2D eigenvalue weighted by Gasteiger charge is 2.15. The second-order valence-electron chi connectivity index (χ2n) is 8.27. The smallest absolute Gasteiger partial charge is 0.224 e. The van der Waals surface area contributed by atoms with E-state index in [0.717, 1.165) is 28.8 Å². The second-order valence-corrected chi connectivity index (χ2v) is 8.27. The number of rotatable bonds is 8. The molecule has 0 aliphatic carbocycles. The summed E-state index contributed by atoms with van der Waals surface area (Å²) in [6.07, 6.45) is 5.53. The molecule has 4 heteroatoms. The van der Waals surface area contributed by atoms with Crippen molar-refractivity contribution in [3.05, 3.63) is 65.9 Å². The zero-order chi connectivity index (χ0) is 21.7. The maximum Gasteiger partial charge on any atom is 0.224 e. The van der Waals surface area contributed by atoms with Crippen LogP contribution in [0.1, 0.15) is 50.8 Å². The Morgan fingerprint density at radius 3 is 2.67 bits per heavy atom. The van der Waals surface area contributed by atoms with Crippen LogP contribution in [0.3, 0.4) is 0 Å². The first-order chi connectivity index (χ1) is 14.4. The summed E-state index contributed by atoms with van der Waals surface area (Å²) >= 11 is 0. The van der Waals surface area contributed by atoms with Crippen molar-refractivity contribution in [1.29, 1.82) is 0 Å². The van der Waals surface area contributed by atoms with E-state index >= 15 is 0 Å². The lowest BCUT2D eigenvalue weighted by Gasteiger charge is -2.13. The summed E-state index contributed by atoms with van der Waals surface area (Å²) in [7, 11) is 3.76. The van der Waals surface area contributed by atoms with Crippen LogP contribution in [-0.2, 0) is 11.8 Å². The number of anilines is 1. The summed E-state index contributed by atoms with van der Waals surface area (Å²) in [5.41, 5.74) is 4.34. The van der Waals surface area contributed by atoms with Gasteiger partial charge in [0.25, 0.3) is 0 Å². The third-order valence-corrected chi connectivity index (χ3v) is 5.44. The number of carbonyl (C=O) groups excluding carboxylic acids is 1. The Labute approximate surface area is 179 Å². The highest BCUT2D eigenvalue weighted by atomic mass is 16.5. The summed E-state index contributed by atoms with van der Waals surface area (Å²) in [5, 5.41) is 4.20. The van der Waals surface area contributed by atoms with Gasteiger partial charge in [0.2, 0.25) is 5.91 Å². The SMILES string of the molecule is COc1ccc2c(c1)cc(C(C)CCC(=O)Nc1cccc(/C=C/C(C)C)c1)n2C. The van der Waals surface area contributed by atoms with E-state index in [4.69, 9.17) is 4.74 Å². The molecule has 1 unspecified atom stereocenters. The van der Waals surface area contributed by atoms with Gasteiger partial charge < -0.3 is 14.6 Å². The van der Waals surface area contributed by atoms with Gasteiger partial charge in [-0.3, -0.25) is 4.79 Å². The first kappa shape index (κ1) is 21.7. The van der Waals surface area contributed by atoms with E-state index < -0.39 is 0 Å². The minimum Gasteiger partial charge on any atom is -0.497 e. The summed E-state index contributed by atoms with van der Waals surface area (Å²) in [6, 6.07) is 16.3. The van der Waals surface area contributed by atoms with Gasteiger partial charge in [0.15, 0.2) is 0 Å². The number of amides is 1. The van der Waals surface area contributed by atoms with Crippen LogP contribution in [0.4, 0.5) is 5.69 Å². The molecule has 0 aliphatic rings. The Balaban J connectivity index is 1.61. The van der Waals surface area contributed by atoms with Crippen LogP contribution in [0.2, 0.25) is 0 Å². The van der Waals surface area contributed by atoms with Crippen LogP contribution in [0, 0.1) is 5.92 Å². The molecular formula is C26H32N2O2. The van der Waals surface area contributed by atoms with Crippen molar-refractivity contribution in [2.75, 3.05) is 12.4 Å². The third kappa shape index (κ3) is 5.32. The molecule has 0 bridgehead atoms. The molecule has 4 nitrogen and oxygen atoms in total. The highest BCUT2D eigenvalue weighted by molar-refractivity contribution is 5.91. The molecule has 0 spiro atoms. The van der Waals surface area contributed by atoms with Crippen molar-refractivity contribution >= 4 is 28.6 Å². The molecule has 1 atom stereocenters. The number of aryl methyl sites for hydroxylation is 1. The first-order valence-electron chi connectivity index (χ1n) is 10.6. The first-order valence-corrected chi connectivity index (χ1v) is 10.6. The number of aromatic nitrogens is 1. The van der Waals surface area contributed by atoms with E-state index in [1.54, 1.807) is 7.11 Å².